The summed E-state index contributed by atoms with van der Waals surface area (Å²) in [4.78, 5) is 0. The highest BCUT2D eigenvalue weighted by Gasteiger charge is 2.02. The van der Waals surface area contributed by atoms with E-state index in [2.05, 4.69) is 32.1 Å². The number of hydrogen-bond acceptors (Lipinski definition) is 1. The lowest BCUT2D eigenvalue weighted by Gasteiger charge is -2.05. The Hall–Kier alpha value is -0.770. The van der Waals surface area contributed by atoms with E-state index in [0.29, 0.717) is 5.92 Å². The minimum absolute atomic E-state index is 0.298. The smallest absolute Gasteiger partial charge is 0.0655 e. The topological polar surface area (TPSA) is 23.8 Å². The molecular weight excluding hydrogens is 278 g/mol. The molecular formula is C22H41N. The Kier molecular flexibility index (Phi) is 18.6. The first-order chi connectivity index (χ1) is 11.3. The van der Waals surface area contributed by atoms with Gasteiger partial charge in [0.2, 0.25) is 0 Å². The van der Waals surface area contributed by atoms with Crippen molar-refractivity contribution in [2.75, 3.05) is 0 Å². The second-order valence-corrected chi connectivity index (χ2v) is 6.96. The van der Waals surface area contributed by atoms with Crippen LogP contribution in [0.5, 0.6) is 0 Å². The Labute approximate surface area is 146 Å². The highest BCUT2D eigenvalue weighted by atomic mass is 14.3. The maximum Gasteiger partial charge on any atom is 0.0655 e. The molecule has 0 radical (unpaired) electrons. The van der Waals surface area contributed by atoms with Crippen molar-refractivity contribution in [3.05, 3.63) is 12.2 Å². The summed E-state index contributed by atoms with van der Waals surface area (Å²) in [6.07, 6.45) is 25.8. The van der Waals surface area contributed by atoms with Crippen LogP contribution in [0.25, 0.3) is 0 Å². The monoisotopic (exact) mass is 319 g/mol. The van der Waals surface area contributed by atoms with E-state index < -0.39 is 0 Å². The molecule has 0 saturated heterocycles. The van der Waals surface area contributed by atoms with E-state index in [1.54, 1.807) is 0 Å². The first-order valence-corrected chi connectivity index (χ1v) is 10.4. The van der Waals surface area contributed by atoms with Crippen molar-refractivity contribution >= 4 is 0 Å². The molecule has 0 fully saturated rings. The van der Waals surface area contributed by atoms with Crippen LogP contribution in [0.2, 0.25) is 0 Å². The molecule has 1 atom stereocenters. The lowest BCUT2D eigenvalue weighted by atomic mass is 9.99. The van der Waals surface area contributed by atoms with Crippen LogP contribution in [0, 0.1) is 17.2 Å². The molecule has 0 N–H and O–H groups in total. The number of hydrogen-bond donors (Lipinski definition) is 0. The van der Waals surface area contributed by atoms with E-state index in [1.165, 1.54) is 89.9 Å². The first kappa shape index (κ1) is 22.2. The summed E-state index contributed by atoms with van der Waals surface area (Å²) in [5, 5.41) is 8.90. The molecule has 0 aromatic carbocycles. The maximum absolute atomic E-state index is 8.90. The van der Waals surface area contributed by atoms with Gasteiger partial charge < -0.3 is 0 Å². The summed E-state index contributed by atoms with van der Waals surface area (Å²) in [5.41, 5.74) is 0. The number of allylic oxidation sites excluding steroid dienone is 2. The molecule has 0 spiro atoms. The zero-order valence-corrected chi connectivity index (χ0v) is 16.0. The highest BCUT2D eigenvalue weighted by molar-refractivity contribution is 4.81. The number of unbranched alkanes of at least 4 members (excludes halogenated alkanes) is 12. The zero-order valence-electron chi connectivity index (χ0n) is 16.0. The maximum atomic E-state index is 8.90. The predicted octanol–water partition coefficient (Wildman–Crippen LogP) is 7.96. The second-order valence-electron chi connectivity index (χ2n) is 6.96. The SMILES string of the molecule is CCCCCCCC/C=C\CCCCCCCCC(C#N)CC. The van der Waals surface area contributed by atoms with Crippen LogP contribution in [0.1, 0.15) is 117 Å². The van der Waals surface area contributed by atoms with Crippen molar-refractivity contribution in [1.82, 2.24) is 0 Å². The number of nitriles is 1. The third-order valence-electron chi connectivity index (χ3n) is 4.74. The minimum Gasteiger partial charge on any atom is -0.198 e. The third kappa shape index (κ3) is 17.4. The summed E-state index contributed by atoms with van der Waals surface area (Å²) in [6, 6.07) is 2.40. The van der Waals surface area contributed by atoms with Crippen LogP contribution in [0.3, 0.4) is 0 Å². The van der Waals surface area contributed by atoms with E-state index in [1.807, 2.05) is 0 Å². The lowest BCUT2D eigenvalue weighted by molar-refractivity contribution is 0.514. The molecule has 0 aliphatic carbocycles. The van der Waals surface area contributed by atoms with Crippen LogP contribution in [-0.2, 0) is 0 Å². The van der Waals surface area contributed by atoms with Crippen LogP contribution in [-0.4, -0.2) is 0 Å². The molecule has 1 unspecified atom stereocenters. The largest absolute Gasteiger partial charge is 0.198 e. The van der Waals surface area contributed by atoms with Crippen LogP contribution >= 0.6 is 0 Å². The van der Waals surface area contributed by atoms with E-state index in [4.69, 9.17) is 5.26 Å². The molecule has 0 aliphatic rings. The average Bonchev–Trinajstić information content (AvgIpc) is 2.58. The summed E-state index contributed by atoms with van der Waals surface area (Å²) >= 11 is 0. The van der Waals surface area contributed by atoms with Crippen molar-refractivity contribution in [3.63, 3.8) is 0 Å². The standard InChI is InChI=1S/C22H41N/c1-3-5-6-7-8-9-10-11-12-13-14-15-16-17-18-19-20-22(4-2)21-23/h11-12,22H,3-10,13-20H2,1-2H3/b12-11-. The van der Waals surface area contributed by atoms with E-state index in [9.17, 15) is 0 Å². The minimum atomic E-state index is 0.298. The van der Waals surface area contributed by atoms with Crippen LogP contribution < -0.4 is 0 Å². The summed E-state index contributed by atoms with van der Waals surface area (Å²) in [7, 11) is 0. The van der Waals surface area contributed by atoms with E-state index >= 15 is 0 Å². The predicted molar refractivity (Wildman–Crippen MR) is 103 cm³/mol. The Morgan fingerprint density at radius 2 is 1.17 bits per heavy atom. The summed E-state index contributed by atoms with van der Waals surface area (Å²) < 4.78 is 0. The van der Waals surface area contributed by atoms with Crippen LogP contribution in [0.4, 0.5) is 0 Å². The molecule has 0 bridgehead atoms. The molecule has 0 rings (SSSR count). The fourth-order valence-corrected chi connectivity index (χ4v) is 3.00. The van der Waals surface area contributed by atoms with Crippen LogP contribution in [0.15, 0.2) is 12.2 Å². The van der Waals surface area contributed by atoms with Gasteiger partial charge in [0, 0.05) is 5.92 Å². The summed E-state index contributed by atoms with van der Waals surface area (Å²) in [6.45, 7) is 4.40. The van der Waals surface area contributed by atoms with Gasteiger partial charge in [0.25, 0.3) is 0 Å². The van der Waals surface area contributed by atoms with Gasteiger partial charge in [-0.15, -0.1) is 0 Å². The van der Waals surface area contributed by atoms with Gasteiger partial charge >= 0.3 is 0 Å². The van der Waals surface area contributed by atoms with Gasteiger partial charge in [-0.25, -0.2) is 0 Å². The van der Waals surface area contributed by atoms with Gasteiger partial charge in [0.15, 0.2) is 0 Å². The molecule has 0 aliphatic heterocycles. The number of nitrogens with zero attached hydrogens (tertiary/aromatic N) is 1. The Bertz CT molecular complexity index is 287. The Balaban J connectivity index is 3.15. The number of rotatable bonds is 17. The van der Waals surface area contributed by atoms with Crippen molar-refractivity contribution in [3.8, 4) is 6.07 Å². The van der Waals surface area contributed by atoms with Gasteiger partial charge in [-0.3, -0.25) is 0 Å². The lowest BCUT2D eigenvalue weighted by Crippen LogP contribution is -1.94. The molecule has 0 heterocycles. The van der Waals surface area contributed by atoms with Crippen molar-refractivity contribution in [2.45, 2.75) is 117 Å². The highest BCUT2D eigenvalue weighted by Crippen LogP contribution is 2.14. The molecule has 0 saturated carbocycles. The third-order valence-corrected chi connectivity index (χ3v) is 4.74. The molecule has 134 valence electrons. The molecule has 1 heteroatoms. The molecule has 0 aromatic heterocycles. The van der Waals surface area contributed by atoms with Crippen molar-refractivity contribution < 1.29 is 0 Å². The Morgan fingerprint density at radius 3 is 1.65 bits per heavy atom. The van der Waals surface area contributed by atoms with E-state index in [-0.39, 0.29) is 0 Å². The molecule has 0 aromatic rings. The summed E-state index contributed by atoms with van der Waals surface area (Å²) in [5.74, 6) is 0.298. The first-order valence-electron chi connectivity index (χ1n) is 10.4. The van der Waals surface area contributed by atoms with Gasteiger partial charge in [0.05, 0.1) is 6.07 Å². The second kappa shape index (κ2) is 19.3. The van der Waals surface area contributed by atoms with Gasteiger partial charge in [-0.05, 0) is 38.5 Å². The molecule has 23 heavy (non-hydrogen) atoms. The van der Waals surface area contributed by atoms with Crippen molar-refractivity contribution in [2.24, 2.45) is 5.92 Å². The zero-order chi connectivity index (χ0) is 17.0. The van der Waals surface area contributed by atoms with Crippen molar-refractivity contribution in [1.29, 1.82) is 5.26 Å². The fraction of sp³-hybridized carbons (Fsp3) is 0.864. The Morgan fingerprint density at radius 1 is 0.696 bits per heavy atom. The van der Waals surface area contributed by atoms with Gasteiger partial charge in [-0.2, -0.15) is 5.26 Å². The average molecular weight is 320 g/mol. The normalized spacial score (nSPS) is 12.6. The quantitative estimate of drug-likeness (QED) is 0.197. The fourth-order valence-electron chi connectivity index (χ4n) is 3.00. The van der Waals surface area contributed by atoms with Gasteiger partial charge in [-0.1, -0.05) is 90.2 Å². The van der Waals surface area contributed by atoms with Gasteiger partial charge in [0.1, 0.15) is 0 Å². The van der Waals surface area contributed by atoms with E-state index in [0.717, 1.165) is 12.8 Å². The molecule has 0 amide bonds. The molecule has 1 nitrogen and oxygen atoms in total.